The van der Waals surface area contributed by atoms with Crippen molar-refractivity contribution >= 4 is 29.6 Å². The van der Waals surface area contributed by atoms with Gasteiger partial charge in [-0.15, -0.1) is 0 Å². The van der Waals surface area contributed by atoms with Crippen LogP contribution in [0.4, 0.5) is 19.7 Å². The third-order valence-electron chi connectivity index (χ3n) is 6.68. The molecule has 0 saturated carbocycles. The average Bonchev–Trinajstić information content (AvgIpc) is 3.42. The van der Waals surface area contributed by atoms with Crippen molar-refractivity contribution in [2.45, 2.75) is 57.7 Å². The molecule has 10 nitrogen and oxygen atoms in total. The molecule has 11 heteroatoms. The molecule has 1 aliphatic heterocycles. The molecule has 4 rings (SSSR count). The molecule has 0 unspecified atom stereocenters. The first-order valence-electron chi connectivity index (χ1n) is 13.5. The maximum Gasteiger partial charge on any atom is 0.409 e. The van der Waals surface area contributed by atoms with Crippen LogP contribution in [0.3, 0.4) is 0 Å². The first kappa shape index (κ1) is 30.2. The van der Waals surface area contributed by atoms with Crippen molar-refractivity contribution in [3.05, 3.63) is 95.1 Å². The number of rotatable bonds is 8. The monoisotopic (exact) mass is 576 g/mol. The number of hydrogen-bond donors (Lipinski definition) is 3. The fourth-order valence-corrected chi connectivity index (χ4v) is 4.84. The van der Waals surface area contributed by atoms with Gasteiger partial charge in [0, 0.05) is 42.2 Å². The number of likely N-dealkylation sites (tertiary alicyclic amines) is 1. The van der Waals surface area contributed by atoms with Crippen LogP contribution in [0.2, 0.25) is 0 Å². The van der Waals surface area contributed by atoms with Crippen LogP contribution in [0, 0.1) is 5.82 Å². The van der Waals surface area contributed by atoms with Crippen LogP contribution < -0.4 is 10.6 Å². The first-order chi connectivity index (χ1) is 19.9. The summed E-state index contributed by atoms with van der Waals surface area (Å²) in [5, 5.41) is 13.9. The minimum absolute atomic E-state index is 0.135. The summed E-state index contributed by atoms with van der Waals surface area (Å²) in [4.78, 5) is 56.6. The second-order valence-corrected chi connectivity index (χ2v) is 11.1. The SMILES string of the molecule is CC(C)(C)OC(=O)N[C@@H](Cc1ccc(NC(=O)O)cc1)C(=O)N1CCC[C@H]1c1cncc(C(=O)c2ccc(F)cc2)c1. The molecule has 0 spiro atoms. The molecule has 0 bridgehead atoms. The van der Waals surface area contributed by atoms with E-state index in [1.807, 2.05) is 0 Å². The van der Waals surface area contributed by atoms with Gasteiger partial charge in [-0.2, -0.15) is 0 Å². The molecule has 2 heterocycles. The van der Waals surface area contributed by atoms with Gasteiger partial charge < -0.3 is 20.1 Å². The van der Waals surface area contributed by atoms with Crippen LogP contribution >= 0.6 is 0 Å². The zero-order valence-corrected chi connectivity index (χ0v) is 23.6. The van der Waals surface area contributed by atoms with Gasteiger partial charge in [0.25, 0.3) is 0 Å². The number of ketones is 1. The van der Waals surface area contributed by atoms with Crippen LogP contribution in [0.25, 0.3) is 0 Å². The lowest BCUT2D eigenvalue weighted by atomic mass is 9.99. The van der Waals surface area contributed by atoms with Crippen molar-refractivity contribution in [1.29, 1.82) is 0 Å². The lowest BCUT2D eigenvalue weighted by Crippen LogP contribution is -2.50. The molecule has 3 aromatic rings. The highest BCUT2D eigenvalue weighted by molar-refractivity contribution is 6.08. The average molecular weight is 577 g/mol. The zero-order chi connectivity index (χ0) is 30.4. The van der Waals surface area contributed by atoms with E-state index in [4.69, 9.17) is 9.84 Å². The third kappa shape index (κ3) is 7.90. The van der Waals surface area contributed by atoms with Crippen LogP contribution in [-0.2, 0) is 16.0 Å². The van der Waals surface area contributed by atoms with Gasteiger partial charge in [-0.05, 0) is 87.2 Å². The van der Waals surface area contributed by atoms with E-state index in [2.05, 4.69) is 15.6 Å². The zero-order valence-electron chi connectivity index (χ0n) is 23.6. The van der Waals surface area contributed by atoms with E-state index in [1.54, 1.807) is 62.2 Å². The maximum absolute atomic E-state index is 14.0. The second kappa shape index (κ2) is 12.8. The van der Waals surface area contributed by atoms with E-state index in [9.17, 15) is 23.6 Å². The van der Waals surface area contributed by atoms with Gasteiger partial charge in [-0.3, -0.25) is 19.9 Å². The van der Waals surface area contributed by atoms with Crippen molar-refractivity contribution in [3.8, 4) is 0 Å². The number of benzene rings is 2. The minimum atomic E-state index is -1.19. The van der Waals surface area contributed by atoms with E-state index in [-0.39, 0.29) is 24.2 Å². The van der Waals surface area contributed by atoms with Crippen molar-refractivity contribution in [3.63, 3.8) is 0 Å². The van der Waals surface area contributed by atoms with Crippen LogP contribution in [0.15, 0.2) is 67.0 Å². The van der Waals surface area contributed by atoms with Crippen LogP contribution in [0.5, 0.6) is 0 Å². The molecule has 0 radical (unpaired) electrons. The van der Waals surface area contributed by atoms with Crippen molar-refractivity contribution in [2.24, 2.45) is 0 Å². The summed E-state index contributed by atoms with van der Waals surface area (Å²) in [5.41, 5.74) is 1.61. The summed E-state index contributed by atoms with van der Waals surface area (Å²) in [7, 11) is 0. The number of alkyl carbamates (subject to hydrolysis) is 1. The number of pyridine rings is 1. The fourth-order valence-electron chi connectivity index (χ4n) is 4.84. The summed E-state index contributed by atoms with van der Waals surface area (Å²) in [6, 6.07) is 12.1. The molecule has 0 aliphatic carbocycles. The number of amides is 3. The third-order valence-corrected chi connectivity index (χ3v) is 6.68. The Labute approximate surface area is 242 Å². The molecular weight excluding hydrogens is 543 g/mol. The Morgan fingerprint density at radius 3 is 2.38 bits per heavy atom. The number of carboxylic acid groups (broad SMARTS) is 1. The second-order valence-electron chi connectivity index (χ2n) is 11.1. The molecular formula is C31H33FN4O6. The largest absolute Gasteiger partial charge is 0.465 e. The standard InChI is InChI=1S/C31H33FN4O6/c1-31(2,3)42-30(41)35-25(15-19-6-12-24(13-7-19)34-29(39)40)28(38)36-14-4-5-26(36)21-16-22(18-33-17-21)27(37)20-8-10-23(32)11-9-20/h6-13,16-18,25-26,34H,4-5,14-15H2,1-3H3,(H,35,41)(H,39,40)/t25-,26-/m0/s1. The Bertz CT molecular complexity index is 1450. The number of nitrogens with one attached hydrogen (secondary N) is 2. The van der Waals surface area contributed by atoms with Gasteiger partial charge in [-0.25, -0.2) is 14.0 Å². The van der Waals surface area contributed by atoms with Gasteiger partial charge >= 0.3 is 12.2 Å². The summed E-state index contributed by atoms with van der Waals surface area (Å²) >= 11 is 0. The number of nitrogens with zero attached hydrogens (tertiary/aromatic N) is 2. The van der Waals surface area contributed by atoms with Gasteiger partial charge in [-0.1, -0.05) is 12.1 Å². The highest BCUT2D eigenvalue weighted by Gasteiger charge is 2.36. The summed E-state index contributed by atoms with van der Waals surface area (Å²) in [6.07, 6.45) is 2.59. The van der Waals surface area contributed by atoms with Crippen molar-refractivity contribution < 1.29 is 33.4 Å². The summed E-state index contributed by atoms with van der Waals surface area (Å²) in [5.74, 6) is -1.09. The topological polar surface area (TPSA) is 138 Å². The Kier molecular flexibility index (Phi) is 9.19. The minimum Gasteiger partial charge on any atom is -0.465 e. The molecule has 3 N–H and O–H groups in total. The Morgan fingerprint density at radius 1 is 1.05 bits per heavy atom. The van der Waals surface area contributed by atoms with Crippen LogP contribution in [0.1, 0.15) is 66.7 Å². The quantitative estimate of drug-likeness (QED) is 0.308. The lowest BCUT2D eigenvalue weighted by molar-refractivity contribution is -0.134. The lowest BCUT2D eigenvalue weighted by Gasteiger charge is -2.30. The van der Waals surface area contributed by atoms with E-state index in [0.29, 0.717) is 47.3 Å². The van der Waals surface area contributed by atoms with Gasteiger partial charge in [0.2, 0.25) is 5.91 Å². The summed E-state index contributed by atoms with van der Waals surface area (Å²) < 4.78 is 18.8. The number of anilines is 1. The molecule has 2 aromatic carbocycles. The summed E-state index contributed by atoms with van der Waals surface area (Å²) in [6.45, 7) is 5.61. The van der Waals surface area contributed by atoms with E-state index in [1.165, 1.54) is 30.5 Å². The molecule has 1 aliphatic rings. The number of hydrogen-bond acceptors (Lipinski definition) is 6. The number of ether oxygens (including phenoxy) is 1. The number of halogens is 1. The Balaban J connectivity index is 1.57. The predicted molar refractivity (Wildman–Crippen MR) is 153 cm³/mol. The smallest absolute Gasteiger partial charge is 0.409 e. The number of aromatic nitrogens is 1. The normalized spacial score (nSPS) is 15.5. The van der Waals surface area contributed by atoms with E-state index >= 15 is 0 Å². The maximum atomic E-state index is 14.0. The van der Waals surface area contributed by atoms with Gasteiger partial charge in [0.15, 0.2) is 5.78 Å². The molecule has 1 fully saturated rings. The van der Waals surface area contributed by atoms with Crippen LogP contribution in [-0.4, -0.2) is 57.1 Å². The van der Waals surface area contributed by atoms with Crippen molar-refractivity contribution in [1.82, 2.24) is 15.2 Å². The number of carbonyl (C=O) groups excluding carboxylic acids is 3. The van der Waals surface area contributed by atoms with Crippen molar-refractivity contribution in [2.75, 3.05) is 11.9 Å². The molecule has 1 saturated heterocycles. The number of carbonyl (C=O) groups is 4. The molecule has 1 aromatic heterocycles. The van der Waals surface area contributed by atoms with E-state index < -0.39 is 29.6 Å². The molecule has 220 valence electrons. The molecule has 3 amide bonds. The Hall–Kier alpha value is -4.80. The molecule has 2 atom stereocenters. The predicted octanol–water partition coefficient (Wildman–Crippen LogP) is 5.34. The fraction of sp³-hybridized carbons (Fsp3) is 0.323. The highest BCUT2D eigenvalue weighted by Crippen LogP contribution is 2.33. The molecule has 42 heavy (non-hydrogen) atoms. The Morgan fingerprint density at radius 2 is 1.74 bits per heavy atom. The van der Waals surface area contributed by atoms with Gasteiger partial charge in [0.1, 0.15) is 17.5 Å². The van der Waals surface area contributed by atoms with E-state index in [0.717, 1.165) is 0 Å². The van der Waals surface area contributed by atoms with Gasteiger partial charge in [0.05, 0.1) is 6.04 Å². The highest BCUT2D eigenvalue weighted by atomic mass is 19.1. The first-order valence-corrected chi connectivity index (χ1v) is 13.5.